The lowest BCUT2D eigenvalue weighted by molar-refractivity contribution is -0.384. The summed E-state index contributed by atoms with van der Waals surface area (Å²) in [6, 6.07) is 4.99. The second-order valence-electron chi connectivity index (χ2n) is 4.98. The molecule has 0 radical (unpaired) electrons. The largest absolute Gasteiger partial charge is 0.481 e. The number of carboxylic acid groups (broad SMARTS) is 1. The van der Waals surface area contributed by atoms with Crippen LogP contribution in [0.15, 0.2) is 18.2 Å². The van der Waals surface area contributed by atoms with Crippen LogP contribution in [0.3, 0.4) is 0 Å². The smallest absolute Gasteiger partial charge is 0.303 e. The molecule has 1 unspecified atom stereocenters. The molecule has 1 aliphatic rings. The van der Waals surface area contributed by atoms with Gasteiger partial charge < -0.3 is 10.0 Å². The van der Waals surface area contributed by atoms with E-state index in [1.54, 1.807) is 6.07 Å². The second-order valence-corrected chi connectivity index (χ2v) is 4.98. The van der Waals surface area contributed by atoms with Gasteiger partial charge in [0.2, 0.25) is 0 Å². The Hall–Kier alpha value is -2.11. The Labute approximate surface area is 110 Å². The van der Waals surface area contributed by atoms with Crippen LogP contribution in [0.2, 0.25) is 0 Å². The summed E-state index contributed by atoms with van der Waals surface area (Å²) in [6.45, 7) is 3.22. The Kier molecular flexibility index (Phi) is 3.69. The van der Waals surface area contributed by atoms with Crippen LogP contribution in [-0.4, -0.2) is 29.1 Å². The van der Waals surface area contributed by atoms with Gasteiger partial charge in [-0.1, -0.05) is 0 Å². The molecule has 0 saturated carbocycles. The number of hydrogen-bond donors (Lipinski definition) is 1. The van der Waals surface area contributed by atoms with E-state index in [9.17, 15) is 14.9 Å². The van der Waals surface area contributed by atoms with Gasteiger partial charge in [0.1, 0.15) is 0 Å². The zero-order chi connectivity index (χ0) is 14.0. The normalized spacial score (nSPS) is 18.6. The van der Waals surface area contributed by atoms with E-state index in [0.29, 0.717) is 6.54 Å². The van der Waals surface area contributed by atoms with Gasteiger partial charge in [0, 0.05) is 37.3 Å². The van der Waals surface area contributed by atoms with Crippen LogP contribution in [0.4, 0.5) is 11.4 Å². The quantitative estimate of drug-likeness (QED) is 0.665. The summed E-state index contributed by atoms with van der Waals surface area (Å²) in [5, 5.41) is 19.6. The molecule has 0 amide bonds. The van der Waals surface area contributed by atoms with E-state index in [1.807, 2.05) is 17.9 Å². The number of rotatable bonds is 4. The number of nitrogens with zero attached hydrogens (tertiary/aromatic N) is 2. The van der Waals surface area contributed by atoms with E-state index in [1.165, 1.54) is 6.07 Å². The maximum atomic E-state index is 10.8. The molecule has 1 atom stereocenters. The lowest BCUT2D eigenvalue weighted by Gasteiger charge is -2.18. The molecule has 1 fully saturated rings. The first-order valence-corrected chi connectivity index (χ1v) is 6.18. The molecule has 102 valence electrons. The van der Waals surface area contributed by atoms with Crippen LogP contribution in [0.25, 0.3) is 0 Å². The minimum absolute atomic E-state index is 0.0803. The average Bonchev–Trinajstić information content (AvgIpc) is 2.75. The Bertz CT molecular complexity index is 515. The van der Waals surface area contributed by atoms with E-state index in [2.05, 4.69) is 0 Å². The Morgan fingerprint density at radius 2 is 2.26 bits per heavy atom. The highest BCUT2D eigenvalue weighted by Gasteiger charge is 2.25. The molecular formula is C13H16N2O4. The van der Waals surface area contributed by atoms with Crippen molar-refractivity contribution in [2.75, 3.05) is 18.0 Å². The number of aryl methyl sites for hydroxylation is 1. The van der Waals surface area contributed by atoms with Crippen LogP contribution < -0.4 is 4.90 Å². The van der Waals surface area contributed by atoms with Crippen molar-refractivity contribution in [2.45, 2.75) is 19.8 Å². The molecule has 0 bridgehead atoms. The summed E-state index contributed by atoms with van der Waals surface area (Å²) in [4.78, 5) is 23.1. The predicted octanol–water partition coefficient (Wildman–Crippen LogP) is 2.20. The average molecular weight is 264 g/mol. The van der Waals surface area contributed by atoms with Crippen molar-refractivity contribution in [3.05, 3.63) is 33.9 Å². The monoisotopic (exact) mass is 264 g/mol. The maximum Gasteiger partial charge on any atom is 0.303 e. The first-order chi connectivity index (χ1) is 8.95. The van der Waals surface area contributed by atoms with E-state index in [0.717, 1.165) is 24.2 Å². The standard InChI is InChI=1S/C13H16N2O4/c1-9-4-11(7-12(5-9)15(18)19)14-3-2-10(8-14)6-13(16)17/h4-5,7,10H,2-3,6,8H2,1H3,(H,16,17). The molecule has 1 N–H and O–H groups in total. The number of anilines is 1. The number of non-ortho nitro benzene ring substituents is 1. The molecule has 2 rings (SSSR count). The summed E-state index contributed by atoms with van der Waals surface area (Å²) < 4.78 is 0. The molecule has 1 heterocycles. The Morgan fingerprint density at radius 1 is 1.53 bits per heavy atom. The van der Waals surface area contributed by atoms with Crippen LogP contribution in [0.5, 0.6) is 0 Å². The topological polar surface area (TPSA) is 83.7 Å². The highest BCUT2D eigenvalue weighted by Crippen LogP contribution is 2.29. The molecule has 0 aliphatic carbocycles. The van der Waals surface area contributed by atoms with Crippen molar-refractivity contribution in [3.63, 3.8) is 0 Å². The van der Waals surface area contributed by atoms with Crippen molar-refractivity contribution in [2.24, 2.45) is 5.92 Å². The van der Waals surface area contributed by atoms with E-state index in [-0.39, 0.29) is 18.0 Å². The van der Waals surface area contributed by atoms with E-state index < -0.39 is 10.9 Å². The summed E-state index contributed by atoms with van der Waals surface area (Å²) >= 11 is 0. The molecule has 1 aromatic rings. The zero-order valence-corrected chi connectivity index (χ0v) is 10.7. The number of carbonyl (C=O) groups is 1. The first kappa shape index (κ1) is 13.3. The van der Waals surface area contributed by atoms with Crippen molar-refractivity contribution in [1.82, 2.24) is 0 Å². The fourth-order valence-corrected chi connectivity index (χ4v) is 2.51. The Morgan fingerprint density at radius 3 is 2.89 bits per heavy atom. The zero-order valence-electron chi connectivity index (χ0n) is 10.7. The lowest BCUT2D eigenvalue weighted by Crippen LogP contribution is -2.20. The third-order valence-electron chi connectivity index (χ3n) is 3.37. The summed E-state index contributed by atoms with van der Waals surface area (Å²) in [7, 11) is 0. The number of nitro benzene ring substituents is 1. The van der Waals surface area contributed by atoms with Gasteiger partial charge in [-0.3, -0.25) is 14.9 Å². The number of hydrogen-bond acceptors (Lipinski definition) is 4. The van der Waals surface area contributed by atoms with Crippen LogP contribution in [0.1, 0.15) is 18.4 Å². The lowest BCUT2D eigenvalue weighted by atomic mass is 10.1. The van der Waals surface area contributed by atoms with Crippen molar-refractivity contribution >= 4 is 17.3 Å². The summed E-state index contributed by atoms with van der Waals surface area (Å²) in [5.41, 5.74) is 1.72. The molecule has 0 spiro atoms. The maximum absolute atomic E-state index is 10.8. The Balaban J connectivity index is 2.15. The molecule has 0 aromatic heterocycles. The predicted molar refractivity (Wildman–Crippen MR) is 70.4 cm³/mol. The molecule has 1 aliphatic heterocycles. The highest BCUT2D eigenvalue weighted by molar-refractivity contribution is 5.67. The van der Waals surface area contributed by atoms with E-state index >= 15 is 0 Å². The molecule has 19 heavy (non-hydrogen) atoms. The fourth-order valence-electron chi connectivity index (χ4n) is 2.51. The van der Waals surface area contributed by atoms with Crippen molar-refractivity contribution < 1.29 is 14.8 Å². The summed E-state index contributed by atoms with van der Waals surface area (Å²) in [6.07, 6.45) is 0.971. The highest BCUT2D eigenvalue weighted by atomic mass is 16.6. The van der Waals surface area contributed by atoms with Crippen molar-refractivity contribution in [1.29, 1.82) is 0 Å². The van der Waals surface area contributed by atoms with Crippen LogP contribution in [-0.2, 0) is 4.79 Å². The van der Waals surface area contributed by atoms with Crippen LogP contribution in [0, 0.1) is 23.0 Å². The van der Waals surface area contributed by atoms with Gasteiger partial charge in [0.05, 0.1) is 4.92 Å². The second kappa shape index (κ2) is 5.26. The minimum Gasteiger partial charge on any atom is -0.481 e. The summed E-state index contributed by atoms with van der Waals surface area (Å²) in [5.74, 6) is -0.667. The minimum atomic E-state index is -0.790. The third kappa shape index (κ3) is 3.21. The van der Waals surface area contributed by atoms with Gasteiger partial charge in [-0.05, 0) is 30.9 Å². The van der Waals surface area contributed by atoms with Gasteiger partial charge in [-0.15, -0.1) is 0 Å². The number of benzene rings is 1. The fraction of sp³-hybridized carbons (Fsp3) is 0.462. The van der Waals surface area contributed by atoms with Crippen LogP contribution >= 0.6 is 0 Å². The molecular weight excluding hydrogens is 248 g/mol. The SMILES string of the molecule is Cc1cc(N2CCC(CC(=O)O)C2)cc([N+](=O)[O-])c1. The van der Waals surface area contributed by atoms with E-state index in [4.69, 9.17) is 5.11 Å². The molecule has 6 nitrogen and oxygen atoms in total. The number of carboxylic acids is 1. The third-order valence-corrected chi connectivity index (χ3v) is 3.37. The number of nitro groups is 1. The molecule has 1 saturated heterocycles. The number of aliphatic carboxylic acids is 1. The van der Waals surface area contributed by atoms with Gasteiger partial charge in [-0.2, -0.15) is 0 Å². The van der Waals surface area contributed by atoms with Gasteiger partial charge >= 0.3 is 5.97 Å². The first-order valence-electron chi connectivity index (χ1n) is 6.18. The van der Waals surface area contributed by atoms with Gasteiger partial charge in [-0.25, -0.2) is 0 Å². The molecule has 1 aromatic carbocycles. The van der Waals surface area contributed by atoms with Crippen molar-refractivity contribution in [3.8, 4) is 0 Å². The van der Waals surface area contributed by atoms with Gasteiger partial charge in [0.25, 0.3) is 5.69 Å². The van der Waals surface area contributed by atoms with Gasteiger partial charge in [0.15, 0.2) is 0 Å². The molecule has 6 heteroatoms.